The summed E-state index contributed by atoms with van der Waals surface area (Å²) in [6.07, 6.45) is -0.242. The minimum absolute atomic E-state index is 0.202. The number of nitrogens with zero attached hydrogens (tertiary/aromatic N) is 5. The van der Waals surface area contributed by atoms with Crippen LogP contribution in [0.2, 0.25) is 5.02 Å². The van der Waals surface area contributed by atoms with Gasteiger partial charge in [0.15, 0.2) is 5.82 Å². The van der Waals surface area contributed by atoms with Crippen molar-refractivity contribution >= 4 is 51.1 Å². The van der Waals surface area contributed by atoms with Crippen LogP contribution in [0.1, 0.15) is 11.9 Å². The first-order chi connectivity index (χ1) is 16.0. The van der Waals surface area contributed by atoms with E-state index in [4.69, 9.17) is 27.8 Å². The Kier molecular flexibility index (Phi) is 4.56. The zero-order chi connectivity index (χ0) is 22.5. The number of rotatable bonds is 3. The molecule has 1 fully saturated rings. The number of aromatic amines is 2. The molecule has 0 aliphatic carbocycles. The van der Waals surface area contributed by atoms with Gasteiger partial charge in [-0.05, 0) is 30.3 Å². The normalized spacial score (nSPS) is 16.6. The molecule has 5 aromatic rings. The summed E-state index contributed by atoms with van der Waals surface area (Å²) < 4.78 is 6.01. The predicted octanol–water partition coefficient (Wildman–Crippen LogP) is 3.29. The fourth-order valence-corrected chi connectivity index (χ4v) is 4.30. The molecule has 6 rings (SSSR count). The second-order valence-electron chi connectivity index (χ2n) is 7.93. The van der Waals surface area contributed by atoms with Crippen molar-refractivity contribution in [1.82, 2.24) is 30.1 Å². The van der Waals surface area contributed by atoms with Gasteiger partial charge in [0.25, 0.3) is 0 Å². The average Bonchev–Trinajstić information content (AvgIpc) is 3.41. The van der Waals surface area contributed by atoms with Crippen molar-refractivity contribution in [3.8, 4) is 11.3 Å². The van der Waals surface area contributed by atoms with Crippen LogP contribution in [0, 0.1) is 0 Å². The topological polar surface area (TPSA) is 148 Å². The maximum Gasteiger partial charge on any atom is 0.222 e. The Balaban J connectivity index is 1.31. The van der Waals surface area contributed by atoms with E-state index in [2.05, 4.69) is 35.0 Å². The molecule has 1 saturated heterocycles. The summed E-state index contributed by atoms with van der Waals surface area (Å²) in [7, 11) is 0. The highest BCUT2D eigenvalue weighted by atomic mass is 35.5. The van der Waals surface area contributed by atoms with E-state index >= 15 is 0 Å². The third-order valence-electron chi connectivity index (χ3n) is 5.78. The van der Waals surface area contributed by atoms with E-state index in [0.717, 1.165) is 39.1 Å². The molecule has 0 saturated carbocycles. The maximum absolute atomic E-state index is 6.10. The van der Waals surface area contributed by atoms with Crippen LogP contribution in [0.15, 0.2) is 42.5 Å². The first-order valence-corrected chi connectivity index (χ1v) is 10.8. The number of morpholine rings is 1. The van der Waals surface area contributed by atoms with Gasteiger partial charge in [-0.1, -0.05) is 17.7 Å². The largest absolute Gasteiger partial charge is 0.382 e. The van der Waals surface area contributed by atoms with Crippen molar-refractivity contribution in [2.45, 2.75) is 6.10 Å². The van der Waals surface area contributed by atoms with E-state index < -0.39 is 0 Å². The number of ether oxygens (including phenoxy) is 1. The van der Waals surface area contributed by atoms with Crippen LogP contribution in [-0.2, 0) is 4.74 Å². The first-order valence-electron chi connectivity index (χ1n) is 10.4. The summed E-state index contributed by atoms with van der Waals surface area (Å²) in [5, 5.41) is 8.50. The fourth-order valence-electron chi connectivity index (χ4n) is 4.14. The van der Waals surface area contributed by atoms with Gasteiger partial charge in [-0.3, -0.25) is 5.10 Å². The number of H-pyrrole nitrogens is 2. The van der Waals surface area contributed by atoms with Crippen molar-refractivity contribution in [3.63, 3.8) is 0 Å². The Hall–Kier alpha value is -3.89. The number of hydrogen-bond donors (Lipinski definition) is 4. The second-order valence-corrected chi connectivity index (χ2v) is 8.36. The molecule has 3 aromatic heterocycles. The quantitative estimate of drug-likeness (QED) is 0.320. The Labute approximate surface area is 192 Å². The highest BCUT2D eigenvalue weighted by molar-refractivity contribution is 6.31. The Morgan fingerprint density at radius 1 is 1.03 bits per heavy atom. The van der Waals surface area contributed by atoms with Gasteiger partial charge in [0.1, 0.15) is 17.7 Å². The van der Waals surface area contributed by atoms with E-state index in [1.54, 1.807) is 0 Å². The molecule has 4 heterocycles. The van der Waals surface area contributed by atoms with Crippen molar-refractivity contribution in [2.24, 2.45) is 0 Å². The second kappa shape index (κ2) is 7.61. The number of aromatic nitrogens is 6. The lowest BCUT2D eigenvalue weighted by Gasteiger charge is -2.33. The lowest BCUT2D eigenvalue weighted by atomic mass is 10.1. The molecule has 0 spiro atoms. The number of nitrogens with two attached hydrogens (primary N) is 2. The number of anilines is 3. The lowest BCUT2D eigenvalue weighted by Crippen LogP contribution is -2.39. The molecule has 2 aromatic carbocycles. The third-order valence-corrected chi connectivity index (χ3v) is 6.01. The van der Waals surface area contributed by atoms with Gasteiger partial charge in [0.05, 0.1) is 35.4 Å². The van der Waals surface area contributed by atoms with Gasteiger partial charge < -0.3 is 26.1 Å². The zero-order valence-corrected chi connectivity index (χ0v) is 18.2. The molecular weight excluding hydrogens is 442 g/mol. The van der Waals surface area contributed by atoms with Gasteiger partial charge in [0, 0.05) is 28.6 Å². The van der Waals surface area contributed by atoms with Crippen LogP contribution < -0.4 is 16.4 Å². The summed E-state index contributed by atoms with van der Waals surface area (Å²) in [6.45, 7) is 1.77. The number of hydrogen-bond acceptors (Lipinski definition) is 8. The predicted molar refractivity (Wildman–Crippen MR) is 128 cm³/mol. The minimum Gasteiger partial charge on any atom is -0.382 e. The van der Waals surface area contributed by atoms with Gasteiger partial charge in [-0.15, -0.1) is 0 Å². The summed E-state index contributed by atoms with van der Waals surface area (Å²) in [5.41, 5.74) is 16.1. The first kappa shape index (κ1) is 19.8. The molecule has 0 bridgehead atoms. The van der Waals surface area contributed by atoms with Crippen LogP contribution in [-0.4, -0.2) is 49.8 Å². The Bertz CT molecular complexity index is 1490. The zero-order valence-electron chi connectivity index (χ0n) is 17.4. The van der Waals surface area contributed by atoms with Crippen molar-refractivity contribution < 1.29 is 4.74 Å². The molecule has 166 valence electrons. The van der Waals surface area contributed by atoms with Crippen LogP contribution in [0.4, 0.5) is 17.6 Å². The molecule has 33 heavy (non-hydrogen) atoms. The van der Waals surface area contributed by atoms with Crippen molar-refractivity contribution in [3.05, 3.63) is 53.3 Å². The van der Waals surface area contributed by atoms with Crippen LogP contribution in [0.25, 0.3) is 33.2 Å². The van der Waals surface area contributed by atoms with Crippen molar-refractivity contribution in [1.29, 1.82) is 0 Å². The summed E-state index contributed by atoms with van der Waals surface area (Å²) in [6, 6.07) is 13.3. The molecule has 6 N–H and O–H groups in total. The van der Waals surface area contributed by atoms with Crippen LogP contribution in [0.5, 0.6) is 0 Å². The SMILES string of the molecule is Nc1nc(-c2ccc3c(N)n[nH]c3c2)cc(N2CCOC(c3nc4cc(Cl)ccc4[nH]3)C2)n1. The van der Waals surface area contributed by atoms with Gasteiger partial charge in [0.2, 0.25) is 5.95 Å². The van der Waals surface area contributed by atoms with Gasteiger partial charge >= 0.3 is 0 Å². The fraction of sp³-hybridized carbons (Fsp3) is 0.182. The number of imidazole rings is 1. The van der Waals surface area contributed by atoms with Crippen LogP contribution in [0.3, 0.4) is 0 Å². The minimum atomic E-state index is -0.242. The van der Waals surface area contributed by atoms with Gasteiger partial charge in [-0.2, -0.15) is 10.1 Å². The smallest absolute Gasteiger partial charge is 0.222 e. The van der Waals surface area contributed by atoms with Crippen molar-refractivity contribution in [2.75, 3.05) is 36.1 Å². The lowest BCUT2D eigenvalue weighted by molar-refractivity contribution is 0.0345. The standard InChI is InChI=1S/C22H20ClN9O/c23-12-2-4-14-17(8-12)27-21(26-14)18-10-32(5-6-33-18)19-9-15(28-22(25)29-19)11-1-3-13-16(7-11)30-31-20(13)24/h1-4,7-9,18H,5-6,10H2,(H,26,27)(H3,24,30,31)(H2,25,28,29). The highest BCUT2D eigenvalue weighted by Gasteiger charge is 2.26. The Morgan fingerprint density at radius 3 is 2.85 bits per heavy atom. The Morgan fingerprint density at radius 2 is 1.94 bits per heavy atom. The highest BCUT2D eigenvalue weighted by Crippen LogP contribution is 2.30. The third kappa shape index (κ3) is 3.59. The monoisotopic (exact) mass is 461 g/mol. The van der Waals surface area contributed by atoms with E-state index in [1.807, 2.05) is 42.5 Å². The molecule has 1 unspecified atom stereocenters. The van der Waals surface area contributed by atoms with E-state index in [-0.39, 0.29) is 12.1 Å². The van der Waals surface area contributed by atoms with E-state index in [0.29, 0.717) is 36.2 Å². The molecule has 1 atom stereocenters. The average molecular weight is 462 g/mol. The molecule has 1 aliphatic rings. The van der Waals surface area contributed by atoms with E-state index in [1.165, 1.54) is 0 Å². The summed E-state index contributed by atoms with van der Waals surface area (Å²) in [5.74, 6) is 2.15. The number of nitrogen functional groups attached to an aromatic ring is 2. The number of fused-ring (bicyclic) bond motifs is 2. The number of halogens is 1. The summed E-state index contributed by atoms with van der Waals surface area (Å²) >= 11 is 6.10. The van der Waals surface area contributed by atoms with Gasteiger partial charge in [-0.25, -0.2) is 9.97 Å². The molecule has 11 heteroatoms. The molecule has 10 nitrogen and oxygen atoms in total. The molecular formula is C22H20ClN9O. The number of nitrogens with one attached hydrogen (secondary N) is 2. The summed E-state index contributed by atoms with van der Waals surface area (Å²) in [4.78, 5) is 19.1. The molecule has 0 amide bonds. The van der Waals surface area contributed by atoms with E-state index in [9.17, 15) is 0 Å². The molecule has 1 aliphatic heterocycles. The molecule has 0 radical (unpaired) electrons. The number of benzene rings is 2. The maximum atomic E-state index is 6.10. The van der Waals surface area contributed by atoms with Crippen LogP contribution >= 0.6 is 11.6 Å².